The number of para-hydroxylation sites is 1. The molecule has 3 rings (SSSR count). The lowest BCUT2D eigenvalue weighted by molar-refractivity contribution is 0.460. The Morgan fingerprint density at radius 3 is 2.75 bits per heavy atom. The second-order valence-electron chi connectivity index (χ2n) is 3.37. The number of fused-ring (bicyclic) bond motifs is 1. The standard InChI is InChI=1S/C12H9N3O/c1-2-5-9(6-3-1)14-12-11-10(16-15-12)7-4-8-13-11/h1-8H,(H,14,15). The van der Waals surface area contributed by atoms with E-state index in [-0.39, 0.29) is 0 Å². The molecule has 0 saturated heterocycles. The van der Waals surface area contributed by atoms with Crippen LogP contribution in [0.4, 0.5) is 11.5 Å². The van der Waals surface area contributed by atoms with Crippen LogP contribution in [0.25, 0.3) is 11.1 Å². The van der Waals surface area contributed by atoms with Crippen LogP contribution < -0.4 is 5.32 Å². The molecule has 0 fully saturated rings. The van der Waals surface area contributed by atoms with Crippen molar-refractivity contribution in [3.8, 4) is 0 Å². The van der Waals surface area contributed by atoms with Crippen molar-refractivity contribution in [2.75, 3.05) is 5.32 Å². The molecule has 0 aliphatic rings. The fourth-order valence-electron chi connectivity index (χ4n) is 1.52. The van der Waals surface area contributed by atoms with Gasteiger partial charge in [0.15, 0.2) is 16.9 Å². The molecule has 0 aliphatic heterocycles. The summed E-state index contributed by atoms with van der Waals surface area (Å²) in [7, 11) is 0. The van der Waals surface area contributed by atoms with Crippen LogP contribution in [0.1, 0.15) is 0 Å². The number of nitrogens with one attached hydrogen (secondary N) is 1. The maximum atomic E-state index is 5.15. The minimum Gasteiger partial charge on any atom is -0.352 e. The van der Waals surface area contributed by atoms with E-state index < -0.39 is 0 Å². The van der Waals surface area contributed by atoms with Crippen LogP contribution in [0.2, 0.25) is 0 Å². The van der Waals surface area contributed by atoms with Gasteiger partial charge in [-0.1, -0.05) is 23.4 Å². The van der Waals surface area contributed by atoms with Gasteiger partial charge in [-0.3, -0.25) is 0 Å². The van der Waals surface area contributed by atoms with Crippen LogP contribution in [-0.4, -0.2) is 10.1 Å². The quantitative estimate of drug-likeness (QED) is 0.708. The molecule has 0 atom stereocenters. The van der Waals surface area contributed by atoms with E-state index in [1.165, 1.54) is 0 Å². The van der Waals surface area contributed by atoms with Crippen molar-refractivity contribution in [1.29, 1.82) is 0 Å². The Morgan fingerprint density at radius 1 is 1.00 bits per heavy atom. The first-order valence-electron chi connectivity index (χ1n) is 4.96. The molecule has 78 valence electrons. The first kappa shape index (κ1) is 8.91. The SMILES string of the molecule is c1ccc(Nc2noc3cccnc23)cc1. The van der Waals surface area contributed by atoms with E-state index in [0.717, 1.165) is 11.2 Å². The van der Waals surface area contributed by atoms with Crippen molar-refractivity contribution < 1.29 is 4.52 Å². The van der Waals surface area contributed by atoms with Crippen LogP contribution in [0.15, 0.2) is 53.2 Å². The highest BCUT2D eigenvalue weighted by Crippen LogP contribution is 2.22. The molecule has 16 heavy (non-hydrogen) atoms. The van der Waals surface area contributed by atoms with Gasteiger partial charge < -0.3 is 9.84 Å². The van der Waals surface area contributed by atoms with Gasteiger partial charge in [-0.2, -0.15) is 0 Å². The van der Waals surface area contributed by atoms with Crippen LogP contribution in [0.5, 0.6) is 0 Å². The van der Waals surface area contributed by atoms with Crippen LogP contribution in [-0.2, 0) is 0 Å². The molecule has 0 amide bonds. The first-order valence-corrected chi connectivity index (χ1v) is 4.96. The smallest absolute Gasteiger partial charge is 0.200 e. The molecule has 0 radical (unpaired) electrons. The van der Waals surface area contributed by atoms with Crippen molar-refractivity contribution >= 4 is 22.6 Å². The summed E-state index contributed by atoms with van der Waals surface area (Å²) in [6, 6.07) is 13.5. The number of benzene rings is 1. The molecular formula is C12H9N3O. The molecule has 3 aromatic rings. The molecule has 0 saturated carbocycles. The van der Waals surface area contributed by atoms with Gasteiger partial charge in [0.05, 0.1) is 0 Å². The zero-order chi connectivity index (χ0) is 10.8. The summed E-state index contributed by atoms with van der Waals surface area (Å²) in [5.41, 5.74) is 2.38. The predicted molar refractivity (Wildman–Crippen MR) is 61.5 cm³/mol. The number of aromatic nitrogens is 2. The molecule has 0 bridgehead atoms. The monoisotopic (exact) mass is 211 g/mol. The molecule has 1 N–H and O–H groups in total. The highest BCUT2D eigenvalue weighted by Gasteiger charge is 2.07. The molecule has 0 unspecified atom stereocenters. The normalized spacial score (nSPS) is 10.5. The van der Waals surface area contributed by atoms with Gasteiger partial charge in [0.1, 0.15) is 0 Å². The van der Waals surface area contributed by atoms with E-state index in [2.05, 4.69) is 15.5 Å². The highest BCUT2D eigenvalue weighted by molar-refractivity contribution is 5.85. The van der Waals surface area contributed by atoms with Crippen molar-refractivity contribution in [2.24, 2.45) is 0 Å². The van der Waals surface area contributed by atoms with E-state index in [0.29, 0.717) is 11.4 Å². The average Bonchev–Trinajstić information content (AvgIpc) is 2.74. The molecule has 0 aliphatic carbocycles. The second-order valence-corrected chi connectivity index (χ2v) is 3.37. The van der Waals surface area contributed by atoms with Crippen molar-refractivity contribution in [2.45, 2.75) is 0 Å². The highest BCUT2D eigenvalue weighted by atomic mass is 16.5. The first-order chi connectivity index (χ1) is 7.93. The third-order valence-corrected chi connectivity index (χ3v) is 2.27. The Balaban J connectivity index is 2.01. The van der Waals surface area contributed by atoms with Gasteiger partial charge >= 0.3 is 0 Å². The second kappa shape index (κ2) is 3.66. The van der Waals surface area contributed by atoms with Crippen molar-refractivity contribution in [3.63, 3.8) is 0 Å². The topological polar surface area (TPSA) is 51.0 Å². The summed E-state index contributed by atoms with van der Waals surface area (Å²) in [5, 5.41) is 7.10. The Morgan fingerprint density at radius 2 is 1.88 bits per heavy atom. The Hall–Kier alpha value is -2.36. The summed E-state index contributed by atoms with van der Waals surface area (Å²) >= 11 is 0. The van der Waals surface area contributed by atoms with Gasteiger partial charge in [0.25, 0.3) is 0 Å². The average molecular weight is 211 g/mol. The molecular weight excluding hydrogens is 202 g/mol. The summed E-state index contributed by atoms with van der Waals surface area (Å²) in [5.74, 6) is 0.641. The molecule has 0 spiro atoms. The molecule has 2 heterocycles. The minimum atomic E-state index is 0.641. The number of hydrogen-bond acceptors (Lipinski definition) is 4. The third kappa shape index (κ3) is 1.50. The van der Waals surface area contributed by atoms with E-state index in [1.807, 2.05) is 42.5 Å². The number of pyridine rings is 1. The lowest BCUT2D eigenvalue weighted by Gasteiger charge is -2.00. The fourth-order valence-corrected chi connectivity index (χ4v) is 1.52. The maximum Gasteiger partial charge on any atom is 0.200 e. The Labute approximate surface area is 91.9 Å². The van der Waals surface area contributed by atoms with E-state index in [1.54, 1.807) is 6.20 Å². The Kier molecular flexibility index (Phi) is 2.04. The summed E-state index contributed by atoms with van der Waals surface area (Å²) in [6.07, 6.45) is 1.72. The number of anilines is 2. The fraction of sp³-hybridized carbons (Fsp3) is 0. The number of nitrogens with zero attached hydrogens (tertiary/aromatic N) is 2. The Bertz CT molecular complexity index is 604. The van der Waals surface area contributed by atoms with Crippen LogP contribution in [0.3, 0.4) is 0 Å². The van der Waals surface area contributed by atoms with Gasteiger partial charge in [-0.15, -0.1) is 0 Å². The lowest BCUT2D eigenvalue weighted by atomic mass is 10.3. The number of rotatable bonds is 2. The molecule has 1 aromatic carbocycles. The van der Waals surface area contributed by atoms with Gasteiger partial charge in [0.2, 0.25) is 0 Å². The van der Waals surface area contributed by atoms with Crippen molar-refractivity contribution in [1.82, 2.24) is 10.1 Å². The van der Waals surface area contributed by atoms with Crippen molar-refractivity contribution in [3.05, 3.63) is 48.7 Å². The third-order valence-electron chi connectivity index (χ3n) is 2.27. The van der Waals surface area contributed by atoms with E-state index in [9.17, 15) is 0 Å². The predicted octanol–water partition coefficient (Wildman–Crippen LogP) is 2.97. The zero-order valence-corrected chi connectivity index (χ0v) is 8.42. The van der Waals surface area contributed by atoms with Gasteiger partial charge in [-0.05, 0) is 24.3 Å². The summed E-state index contributed by atoms with van der Waals surface area (Å²) in [6.45, 7) is 0. The summed E-state index contributed by atoms with van der Waals surface area (Å²) in [4.78, 5) is 4.22. The van der Waals surface area contributed by atoms with Crippen LogP contribution in [0, 0.1) is 0 Å². The molecule has 4 nitrogen and oxygen atoms in total. The molecule has 2 aromatic heterocycles. The zero-order valence-electron chi connectivity index (χ0n) is 8.42. The van der Waals surface area contributed by atoms with Crippen LogP contribution >= 0.6 is 0 Å². The number of hydrogen-bond donors (Lipinski definition) is 1. The van der Waals surface area contributed by atoms with E-state index >= 15 is 0 Å². The minimum absolute atomic E-state index is 0.641. The summed E-state index contributed by atoms with van der Waals surface area (Å²) < 4.78 is 5.15. The van der Waals surface area contributed by atoms with E-state index in [4.69, 9.17) is 4.52 Å². The van der Waals surface area contributed by atoms with Gasteiger partial charge in [0, 0.05) is 11.9 Å². The largest absolute Gasteiger partial charge is 0.352 e. The lowest BCUT2D eigenvalue weighted by Crippen LogP contribution is -1.90. The molecule has 4 heteroatoms. The van der Waals surface area contributed by atoms with Gasteiger partial charge in [-0.25, -0.2) is 4.98 Å². The maximum absolute atomic E-state index is 5.15.